The van der Waals surface area contributed by atoms with E-state index in [1.54, 1.807) is 0 Å². The SMILES string of the molecule is CCNC(=NCC1(O)CCC1SCC)NCC(c1cccs1)N1CCCC1.I. The van der Waals surface area contributed by atoms with Crippen molar-refractivity contribution in [2.45, 2.75) is 56.4 Å². The Balaban J connectivity index is 0.00000280. The van der Waals surface area contributed by atoms with Crippen LogP contribution in [0, 0.1) is 0 Å². The minimum atomic E-state index is -0.634. The van der Waals surface area contributed by atoms with E-state index in [9.17, 15) is 5.11 Å². The maximum atomic E-state index is 10.8. The first kappa shape index (κ1) is 24.2. The predicted molar refractivity (Wildman–Crippen MR) is 133 cm³/mol. The van der Waals surface area contributed by atoms with E-state index in [2.05, 4.69) is 46.9 Å². The molecular weight excluding hydrogens is 503 g/mol. The molecule has 2 aliphatic rings. The monoisotopic (exact) mass is 538 g/mol. The van der Waals surface area contributed by atoms with Crippen LogP contribution in [0.15, 0.2) is 22.5 Å². The van der Waals surface area contributed by atoms with Crippen LogP contribution in [-0.4, -0.2) is 65.3 Å². The molecule has 0 radical (unpaired) electrons. The van der Waals surface area contributed by atoms with E-state index in [4.69, 9.17) is 4.99 Å². The summed E-state index contributed by atoms with van der Waals surface area (Å²) < 4.78 is 0. The minimum absolute atomic E-state index is 0. The van der Waals surface area contributed by atoms with E-state index in [1.165, 1.54) is 30.8 Å². The Hall–Kier alpha value is -0.0300. The second-order valence-electron chi connectivity index (χ2n) is 7.44. The van der Waals surface area contributed by atoms with Gasteiger partial charge >= 0.3 is 0 Å². The number of nitrogens with one attached hydrogen (secondary N) is 2. The molecule has 3 atom stereocenters. The first-order chi connectivity index (χ1) is 13.2. The number of halogens is 1. The summed E-state index contributed by atoms with van der Waals surface area (Å²) in [5.74, 6) is 1.87. The van der Waals surface area contributed by atoms with Crippen molar-refractivity contribution >= 4 is 53.0 Å². The van der Waals surface area contributed by atoms with Crippen molar-refractivity contribution in [3.05, 3.63) is 22.4 Å². The number of nitrogens with zero attached hydrogens (tertiary/aromatic N) is 2. The van der Waals surface area contributed by atoms with Crippen molar-refractivity contribution < 1.29 is 5.11 Å². The molecule has 8 heteroatoms. The lowest BCUT2D eigenvalue weighted by atomic mass is 9.79. The topological polar surface area (TPSA) is 59.9 Å². The number of rotatable bonds is 9. The van der Waals surface area contributed by atoms with Gasteiger partial charge in [-0.1, -0.05) is 13.0 Å². The first-order valence-corrected chi connectivity index (χ1v) is 12.2. The van der Waals surface area contributed by atoms with Crippen LogP contribution in [0.3, 0.4) is 0 Å². The summed E-state index contributed by atoms with van der Waals surface area (Å²) in [5.41, 5.74) is -0.634. The molecule has 0 spiro atoms. The standard InChI is InChI=1S/C20H34N4OS2.HI/c1-3-21-19(23-15-20(25)10-9-18(20)26-4-2)22-14-16(17-8-7-13-27-17)24-11-5-6-12-24;/h7-8,13,16,18,25H,3-6,9-12,14-15H2,1-2H3,(H2,21,22,23);1H. The highest BCUT2D eigenvalue weighted by atomic mass is 127. The number of guanidine groups is 1. The van der Waals surface area contributed by atoms with Gasteiger partial charge in [-0.05, 0) is 62.9 Å². The molecule has 2 heterocycles. The van der Waals surface area contributed by atoms with Crippen molar-refractivity contribution in [2.75, 3.05) is 38.5 Å². The molecule has 0 bridgehead atoms. The third-order valence-electron chi connectivity index (χ3n) is 5.58. The van der Waals surface area contributed by atoms with Gasteiger partial charge in [0.15, 0.2) is 5.96 Å². The molecule has 1 aliphatic carbocycles. The van der Waals surface area contributed by atoms with Crippen molar-refractivity contribution in [3.63, 3.8) is 0 Å². The molecule has 1 saturated carbocycles. The molecule has 3 N–H and O–H groups in total. The highest BCUT2D eigenvalue weighted by Gasteiger charge is 2.45. The van der Waals surface area contributed by atoms with Crippen molar-refractivity contribution in [3.8, 4) is 0 Å². The van der Waals surface area contributed by atoms with Gasteiger partial charge in [-0.15, -0.1) is 35.3 Å². The summed E-state index contributed by atoms with van der Waals surface area (Å²) in [4.78, 5) is 8.73. The van der Waals surface area contributed by atoms with Crippen LogP contribution >= 0.6 is 47.1 Å². The lowest BCUT2D eigenvalue weighted by Gasteiger charge is -2.44. The van der Waals surface area contributed by atoms with Crippen molar-refractivity contribution in [1.82, 2.24) is 15.5 Å². The lowest BCUT2D eigenvalue weighted by molar-refractivity contribution is -0.0154. The maximum absolute atomic E-state index is 10.8. The van der Waals surface area contributed by atoms with Gasteiger partial charge in [-0.3, -0.25) is 9.89 Å². The number of thiophene rings is 1. The zero-order valence-electron chi connectivity index (χ0n) is 17.0. The molecule has 0 amide bonds. The predicted octanol–water partition coefficient (Wildman–Crippen LogP) is 3.70. The smallest absolute Gasteiger partial charge is 0.191 e. The Labute approximate surface area is 195 Å². The maximum Gasteiger partial charge on any atom is 0.191 e. The minimum Gasteiger partial charge on any atom is -0.387 e. The summed E-state index contributed by atoms with van der Waals surface area (Å²) in [5, 5.41) is 20.2. The normalized spacial score (nSPS) is 26.4. The van der Waals surface area contributed by atoms with Crippen LogP contribution < -0.4 is 10.6 Å². The molecule has 1 aliphatic heterocycles. The molecule has 3 unspecified atom stereocenters. The Morgan fingerprint density at radius 3 is 2.75 bits per heavy atom. The molecule has 0 aromatic carbocycles. The van der Waals surface area contributed by atoms with Gasteiger partial charge in [0.1, 0.15) is 0 Å². The van der Waals surface area contributed by atoms with Gasteiger partial charge in [0.25, 0.3) is 0 Å². The van der Waals surface area contributed by atoms with Gasteiger partial charge in [0, 0.05) is 23.2 Å². The number of aliphatic hydroxyl groups is 1. The van der Waals surface area contributed by atoms with E-state index in [0.29, 0.717) is 17.8 Å². The van der Waals surface area contributed by atoms with Crippen LogP contribution in [0.2, 0.25) is 0 Å². The van der Waals surface area contributed by atoms with Gasteiger partial charge in [-0.2, -0.15) is 11.8 Å². The average Bonchev–Trinajstić information content (AvgIpc) is 3.37. The van der Waals surface area contributed by atoms with Crippen LogP contribution in [-0.2, 0) is 0 Å². The summed E-state index contributed by atoms with van der Waals surface area (Å²) in [7, 11) is 0. The van der Waals surface area contributed by atoms with Crippen molar-refractivity contribution in [2.24, 2.45) is 4.99 Å². The van der Waals surface area contributed by atoms with E-state index in [0.717, 1.165) is 37.6 Å². The Morgan fingerprint density at radius 2 is 2.18 bits per heavy atom. The summed E-state index contributed by atoms with van der Waals surface area (Å²) in [6.07, 6.45) is 4.54. The number of hydrogen-bond acceptors (Lipinski definition) is 5. The fourth-order valence-corrected chi connectivity index (χ4v) is 5.96. The molecule has 28 heavy (non-hydrogen) atoms. The van der Waals surface area contributed by atoms with Crippen LogP contribution in [0.4, 0.5) is 0 Å². The quantitative estimate of drug-likeness (QED) is 0.254. The van der Waals surface area contributed by atoms with E-state index in [1.807, 2.05) is 23.1 Å². The fourth-order valence-electron chi connectivity index (χ4n) is 3.91. The number of hydrogen-bond donors (Lipinski definition) is 3. The molecule has 3 rings (SSSR count). The fraction of sp³-hybridized carbons (Fsp3) is 0.750. The van der Waals surface area contributed by atoms with Crippen LogP contribution in [0.5, 0.6) is 0 Å². The van der Waals surface area contributed by atoms with Gasteiger partial charge in [0.2, 0.25) is 0 Å². The Morgan fingerprint density at radius 1 is 1.39 bits per heavy atom. The summed E-state index contributed by atoms with van der Waals surface area (Å²) in [6, 6.07) is 4.77. The van der Waals surface area contributed by atoms with Gasteiger partial charge in [0.05, 0.1) is 18.2 Å². The third-order valence-corrected chi connectivity index (χ3v) is 7.96. The van der Waals surface area contributed by atoms with E-state index in [-0.39, 0.29) is 24.0 Å². The first-order valence-electron chi connectivity index (χ1n) is 10.3. The molecule has 160 valence electrons. The highest BCUT2D eigenvalue weighted by molar-refractivity contribution is 14.0. The molecular formula is C20H35IN4OS2. The number of thioether (sulfide) groups is 1. The highest BCUT2D eigenvalue weighted by Crippen LogP contribution is 2.41. The van der Waals surface area contributed by atoms with Gasteiger partial charge < -0.3 is 15.7 Å². The van der Waals surface area contributed by atoms with Crippen molar-refractivity contribution in [1.29, 1.82) is 0 Å². The Bertz CT molecular complexity index is 595. The zero-order chi connectivity index (χ0) is 19.1. The number of aliphatic imine (C=N–C) groups is 1. The third kappa shape index (κ3) is 6.23. The lowest BCUT2D eigenvalue weighted by Crippen LogP contribution is -2.53. The largest absolute Gasteiger partial charge is 0.387 e. The van der Waals surface area contributed by atoms with Crippen LogP contribution in [0.25, 0.3) is 0 Å². The molecule has 1 aromatic heterocycles. The van der Waals surface area contributed by atoms with Crippen LogP contribution in [0.1, 0.15) is 50.4 Å². The number of likely N-dealkylation sites (tertiary alicyclic amines) is 1. The molecule has 1 saturated heterocycles. The van der Waals surface area contributed by atoms with Gasteiger partial charge in [-0.25, -0.2) is 0 Å². The van der Waals surface area contributed by atoms with E-state index < -0.39 is 5.60 Å². The molecule has 1 aromatic rings. The molecule has 5 nitrogen and oxygen atoms in total. The second-order valence-corrected chi connectivity index (χ2v) is 9.90. The Kier molecular flexibility index (Phi) is 10.4. The second kappa shape index (κ2) is 12.0. The van der Waals surface area contributed by atoms with E-state index >= 15 is 0 Å². The summed E-state index contributed by atoms with van der Waals surface area (Å²) in [6.45, 7) is 8.74. The average molecular weight is 539 g/mol. The molecule has 2 fully saturated rings. The zero-order valence-corrected chi connectivity index (χ0v) is 21.0. The summed E-state index contributed by atoms with van der Waals surface area (Å²) >= 11 is 3.69.